The van der Waals surface area contributed by atoms with Gasteiger partial charge in [-0.2, -0.15) is 0 Å². The molecule has 124 valence electrons. The van der Waals surface area contributed by atoms with Crippen LogP contribution in [-0.4, -0.2) is 31.2 Å². The summed E-state index contributed by atoms with van der Waals surface area (Å²) >= 11 is 1.36. The van der Waals surface area contributed by atoms with E-state index in [9.17, 15) is 4.79 Å². The molecule has 0 saturated carbocycles. The zero-order valence-corrected chi connectivity index (χ0v) is 14.4. The number of rotatable bonds is 5. The average molecular weight is 348 g/mol. The highest BCUT2D eigenvalue weighted by atomic mass is 32.2. The Labute approximate surface area is 148 Å². The number of para-hydroxylation sites is 1. The second-order valence-corrected chi connectivity index (χ2v) is 7.01. The molecule has 0 aliphatic rings. The van der Waals surface area contributed by atoms with E-state index in [2.05, 4.69) is 20.2 Å². The third-order valence-electron chi connectivity index (χ3n) is 4.02. The van der Waals surface area contributed by atoms with Crippen LogP contribution in [-0.2, 0) is 0 Å². The van der Waals surface area contributed by atoms with E-state index in [0.717, 1.165) is 16.5 Å². The van der Waals surface area contributed by atoms with E-state index in [0.29, 0.717) is 16.5 Å². The Hall–Kier alpha value is -2.86. The van der Waals surface area contributed by atoms with Gasteiger partial charge in [-0.1, -0.05) is 60.3 Å². The monoisotopic (exact) mass is 348 g/mol. The molecule has 5 nitrogen and oxygen atoms in total. The normalized spacial score (nSPS) is 12.4. The molecular weight excluding hydrogens is 332 g/mol. The van der Waals surface area contributed by atoms with Crippen molar-refractivity contribution in [2.75, 3.05) is 0 Å². The summed E-state index contributed by atoms with van der Waals surface area (Å²) in [5.74, 6) is 0.767. The van der Waals surface area contributed by atoms with E-state index in [4.69, 9.17) is 0 Å². The summed E-state index contributed by atoms with van der Waals surface area (Å²) < 4.78 is 0. The van der Waals surface area contributed by atoms with Crippen molar-refractivity contribution in [3.05, 3.63) is 66.4 Å². The standard InChI is InChI=1S/C19H16N4OS/c1-12(17(24)15-11-20-16-10-6-5-9-14(15)16)25-19-21-18(22-23-19)13-7-3-2-4-8-13/h2-12,20H,1H3,(H,21,22,23). The van der Waals surface area contributed by atoms with Crippen LogP contribution in [0, 0.1) is 0 Å². The Morgan fingerprint density at radius 1 is 1.08 bits per heavy atom. The number of carbonyl (C=O) groups excluding carboxylic acids is 1. The molecular formula is C19H16N4OS. The minimum absolute atomic E-state index is 0.0634. The molecule has 2 aromatic carbocycles. The highest BCUT2D eigenvalue weighted by molar-refractivity contribution is 8.00. The van der Waals surface area contributed by atoms with Gasteiger partial charge >= 0.3 is 0 Å². The predicted octanol–water partition coefficient (Wildman–Crippen LogP) is 4.32. The van der Waals surface area contributed by atoms with Gasteiger partial charge in [0.05, 0.1) is 5.25 Å². The van der Waals surface area contributed by atoms with Crippen LogP contribution in [0.15, 0.2) is 66.0 Å². The molecule has 2 heterocycles. The molecule has 0 amide bonds. The molecule has 0 aliphatic carbocycles. The summed E-state index contributed by atoms with van der Waals surface area (Å²) in [6.45, 7) is 1.88. The highest BCUT2D eigenvalue weighted by Gasteiger charge is 2.21. The Morgan fingerprint density at radius 3 is 2.68 bits per heavy atom. The minimum Gasteiger partial charge on any atom is -0.360 e. The Balaban J connectivity index is 1.53. The summed E-state index contributed by atoms with van der Waals surface area (Å²) in [5.41, 5.74) is 2.64. The van der Waals surface area contributed by atoms with Gasteiger partial charge in [-0.25, -0.2) is 4.98 Å². The SMILES string of the molecule is CC(Sc1n[nH]c(-c2ccccc2)n1)C(=O)c1c[nH]c2ccccc12. The number of H-pyrrole nitrogens is 2. The molecule has 0 saturated heterocycles. The van der Waals surface area contributed by atoms with Gasteiger partial charge in [-0.15, -0.1) is 5.10 Å². The van der Waals surface area contributed by atoms with Gasteiger partial charge in [0.15, 0.2) is 11.6 Å². The molecule has 6 heteroatoms. The molecule has 0 fully saturated rings. The highest BCUT2D eigenvalue weighted by Crippen LogP contribution is 2.27. The van der Waals surface area contributed by atoms with Gasteiger partial charge in [0.25, 0.3) is 0 Å². The lowest BCUT2D eigenvalue weighted by molar-refractivity contribution is 0.0995. The fourth-order valence-corrected chi connectivity index (χ4v) is 3.52. The lowest BCUT2D eigenvalue weighted by Crippen LogP contribution is -2.13. The molecule has 1 atom stereocenters. The maximum absolute atomic E-state index is 12.8. The van der Waals surface area contributed by atoms with Crippen LogP contribution >= 0.6 is 11.8 Å². The molecule has 2 aromatic heterocycles. The van der Waals surface area contributed by atoms with E-state index in [1.165, 1.54) is 11.8 Å². The molecule has 0 radical (unpaired) electrons. The van der Waals surface area contributed by atoms with Crippen molar-refractivity contribution in [3.8, 4) is 11.4 Å². The number of nitrogens with zero attached hydrogens (tertiary/aromatic N) is 2. The number of aromatic nitrogens is 4. The number of Topliss-reactive ketones (excluding diaryl/α,β-unsaturated/α-hetero) is 1. The fourth-order valence-electron chi connectivity index (χ4n) is 2.73. The van der Waals surface area contributed by atoms with Gasteiger partial charge in [-0.05, 0) is 13.0 Å². The number of fused-ring (bicyclic) bond motifs is 1. The van der Waals surface area contributed by atoms with Crippen LogP contribution in [0.5, 0.6) is 0 Å². The predicted molar refractivity (Wildman–Crippen MR) is 99.8 cm³/mol. The average Bonchev–Trinajstić information content (AvgIpc) is 3.29. The van der Waals surface area contributed by atoms with E-state index in [1.54, 1.807) is 6.20 Å². The molecule has 0 aliphatic heterocycles. The molecule has 2 N–H and O–H groups in total. The van der Waals surface area contributed by atoms with Crippen molar-refractivity contribution in [1.29, 1.82) is 0 Å². The fraction of sp³-hybridized carbons (Fsp3) is 0.105. The number of nitrogens with one attached hydrogen (secondary N) is 2. The third kappa shape index (κ3) is 3.08. The Morgan fingerprint density at radius 2 is 1.84 bits per heavy atom. The van der Waals surface area contributed by atoms with Crippen molar-refractivity contribution in [3.63, 3.8) is 0 Å². The van der Waals surface area contributed by atoms with Crippen molar-refractivity contribution in [2.24, 2.45) is 0 Å². The lowest BCUT2D eigenvalue weighted by Gasteiger charge is -2.06. The summed E-state index contributed by atoms with van der Waals surface area (Å²) in [4.78, 5) is 20.4. The topological polar surface area (TPSA) is 74.4 Å². The van der Waals surface area contributed by atoms with Crippen molar-refractivity contribution in [1.82, 2.24) is 20.2 Å². The number of thioether (sulfide) groups is 1. The molecule has 25 heavy (non-hydrogen) atoms. The first-order valence-corrected chi connectivity index (χ1v) is 8.85. The summed E-state index contributed by atoms with van der Waals surface area (Å²) in [5, 5.41) is 8.39. The molecule has 1 unspecified atom stereocenters. The summed E-state index contributed by atoms with van der Waals surface area (Å²) in [6.07, 6.45) is 1.78. The number of hydrogen-bond acceptors (Lipinski definition) is 4. The Bertz CT molecular complexity index is 1020. The minimum atomic E-state index is -0.279. The van der Waals surface area contributed by atoms with E-state index in [1.807, 2.05) is 61.5 Å². The van der Waals surface area contributed by atoms with Crippen LogP contribution in [0.4, 0.5) is 0 Å². The first-order chi connectivity index (χ1) is 12.2. The van der Waals surface area contributed by atoms with Crippen LogP contribution in [0.1, 0.15) is 17.3 Å². The van der Waals surface area contributed by atoms with Crippen LogP contribution < -0.4 is 0 Å². The summed E-state index contributed by atoms with van der Waals surface area (Å²) in [6, 6.07) is 17.6. The second kappa shape index (κ2) is 6.57. The largest absolute Gasteiger partial charge is 0.360 e. The summed E-state index contributed by atoms with van der Waals surface area (Å²) in [7, 11) is 0. The van der Waals surface area contributed by atoms with Crippen molar-refractivity contribution >= 4 is 28.4 Å². The zero-order valence-electron chi connectivity index (χ0n) is 13.6. The van der Waals surface area contributed by atoms with Gasteiger partial charge < -0.3 is 4.98 Å². The first-order valence-electron chi connectivity index (χ1n) is 7.97. The molecule has 0 bridgehead atoms. The van der Waals surface area contributed by atoms with Crippen LogP contribution in [0.2, 0.25) is 0 Å². The van der Waals surface area contributed by atoms with Gasteiger partial charge in [-0.3, -0.25) is 9.89 Å². The molecule has 4 rings (SSSR count). The maximum atomic E-state index is 12.8. The van der Waals surface area contributed by atoms with E-state index in [-0.39, 0.29) is 11.0 Å². The van der Waals surface area contributed by atoms with Crippen LogP contribution in [0.25, 0.3) is 22.3 Å². The molecule has 4 aromatic rings. The number of benzene rings is 2. The van der Waals surface area contributed by atoms with Gasteiger partial charge in [0.2, 0.25) is 5.16 Å². The van der Waals surface area contributed by atoms with Gasteiger partial charge in [0, 0.05) is 28.2 Å². The molecule has 0 spiro atoms. The lowest BCUT2D eigenvalue weighted by atomic mass is 10.1. The van der Waals surface area contributed by atoms with E-state index >= 15 is 0 Å². The Kier molecular flexibility index (Phi) is 4.11. The number of hydrogen-bond donors (Lipinski definition) is 2. The first kappa shape index (κ1) is 15.7. The van der Waals surface area contributed by atoms with E-state index < -0.39 is 0 Å². The second-order valence-electron chi connectivity index (χ2n) is 5.70. The third-order valence-corrected chi connectivity index (χ3v) is 4.98. The number of aromatic amines is 2. The number of carbonyl (C=O) groups is 1. The zero-order chi connectivity index (χ0) is 17.2. The maximum Gasteiger partial charge on any atom is 0.209 e. The smallest absolute Gasteiger partial charge is 0.209 e. The van der Waals surface area contributed by atoms with Crippen LogP contribution in [0.3, 0.4) is 0 Å². The van der Waals surface area contributed by atoms with Crippen molar-refractivity contribution < 1.29 is 4.79 Å². The van der Waals surface area contributed by atoms with Crippen molar-refractivity contribution in [2.45, 2.75) is 17.3 Å². The quantitative estimate of drug-likeness (QED) is 0.416. The number of ketones is 1. The van der Waals surface area contributed by atoms with Gasteiger partial charge in [0.1, 0.15) is 0 Å².